The monoisotopic (exact) mass is 701 g/mol. The summed E-state index contributed by atoms with van der Waals surface area (Å²) in [7, 11) is 0. The van der Waals surface area contributed by atoms with E-state index in [-0.39, 0.29) is 0 Å². The first kappa shape index (κ1) is 31.1. The van der Waals surface area contributed by atoms with Crippen molar-refractivity contribution in [2.24, 2.45) is 0 Å². The normalized spacial score (nSPS) is 11.6. The number of hydrogen-bond donors (Lipinski definition) is 0. The minimum Gasteiger partial charge on any atom is -0.455 e. The van der Waals surface area contributed by atoms with Gasteiger partial charge in [0.15, 0.2) is 17.5 Å². The maximum absolute atomic E-state index is 6.67. The molecule has 55 heavy (non-hydrogen) atoms. The quantitative estimate of drug-likeness (QED) is 0.168. The molecule has 0 aliphatic rings. The van der Waals surface area contributed by atoms with Crippen LogP contribution < -0.4 is 0 Å². The predicted octanol–water partition coefficient (Wildman–Crippen LogP) is 13.6. The number of rotatable bonds is 5. The third-order valence-electron chi connectivity index (χ3n) is 10.7. The number of fused-ring (bicyclic) bond motifs is 10. The molecule has 256 valence electrons. The van der Waals surface area contributed by atoms with Crippen molar-refractivity contribution >= 4 is 54.3 Å². The molecule has 0 bridgehead atoms. The minimum absolute atomic E-state index is 0.616. The summed E-state index contributed by atoms with van der Waals surface area (Å²) in [5.74, 6) is 1.87. The number of benzene rings is 9. The van der Waals surface area contributed by atoms with Gasteiger partial charge in [0.05, 0.1) is 0 Å². The van der Waals surface area contributed by atoms with Crippen LogP contribution in [0.15, 0.2) is 192 Å². The molecule has 9 aromatic carbocycles. The van der Waals surface area contributed by atoms with Gasteiger partial charge in [-0.25, -0.2) is 15.0 Å². The van der Waals surface area contributed by atoms with E-state index in [2.05, 4.69) is 140 Å². The molecule has 0 saturated carbocycles. The molecule has 4 nitrogen and oxygen atoms in total. The Morgan fingerprint density at radius 2 is 0.727 bits per heavy atom. The van der Waals surface area contributed by atoms with E-state index in [4.69, 9.17) is 19.4 Å². The average Bonchev–Trinajstić information content (AvgIpc) is 3.66. The topological polar surface area (TPSA) is 51.8 Å². The standard InChI is InChI=1S/C51H31N3O/c1-4-13-32(14-5-1)35-19-12-20-37(29-35)50-52-49(34-17-8-3-9-18-34)53-51(54-50)38-24-26-42-45(31-38)44-30-36(33-15-6-2-7-16-33)23-25-39(44)41-27-28-43-40-21-10-11-22-46(40)55-48(43)47(41)42/h1-31H. The van der Waals surface area contributed by atoms with Crippen LogP contribution in [0.4, 0.5) is 0 Å². The largest absolute Gasteiger partial charge is 0.455 e. The summed E-state index contributed by atoms with van der Waals surface area (Å²) in [6, 6.07) is 65.7. The van der Waals surface area contributed by atoms with Crippen molar-refractivity contribution in [3.05, 3.63) is 188 Å². The number of nitrogens with zero attached hydrogens (tertiary/aromatic N) is 3. The summed E-state index contributed by atoms with van der Waals surface area (Å²) in [4.78, 5) is 15.4. The Kier molecular flexibility index (Phi) is 7.14. The van der Waals surface area contributed by atoms with Crippen LogP contribution in [0.2, 0.25) is 0 Å². The molecular weight excluding hydrogens is 671 g/mol. The van der Waals surface area contributed by atoms with E-state index < -0.39 is 0 Å². The third-order valence-corrected chi connectivity index (χ3v) is 10.7. The van der Waals surface area contributed by atoms with Gasteiger partial charge in [0.2, 0.25) is 0 Å². The average molecular weight is 702 g/mol. The van der Waals surface area contributed by atoms with E-state index in [1.165, 1.54) is 10.9 Å². The van der Waals surface area contributed by atoms with E-state index in [0.717, 1.165) is 82.3 Å². The SMILES string of the molecule is c1ccc(-c2cccc(-c3nc(-c4ccccc4)nc(-c4ccc5c(c4)c4cc(-c6ccccc6)ccc4c4ccc6c7ccccc7oc6c45)n3)c2)cc1. The fraction of sp³-hybridized carbons (Fsp3) is 0. The number of para-hydroxylation sites is 1. The predicted molar refractivity (Wildman–Crippen MR) is 227 cm³/mol. The molecule has 0 aliphatic carbocycles. The van der Waals surface area contributed by atoms with Crippen molar-refractivity contribution in [2.75, 3.05) is 0 Å². The van der Waals surface area contributed by atoms with Crippen LogP contribution in [-0.4, -0.2) is 15.0 Å². The van der Waals surface area contributed by atoms with Gasteiger partial charge in [-0.15, -0.1) is 0 Å². The number of furan rings is 1. The highest BCUT2D eigenvalue weighted by molar-refractivity contribution is 6.32. The molecule has 11 aromatic rings. The molecule has 2 aromatic heterocycles. The second-order valence-electron chi connectivity index (χ2n) is 14.0. The molecule has 2 heterocycles. The Bertz CT molecular complexity index is 3240. The summed E-state index contributed by atoms with van der Waals surface area (Å²) in [5, 5.41) is 9.05. The molecule has 0 spiro atoms. The van der Waals surface area contributed by atoms with Gasteiger partial charge in [-0.1, -0.05) is 158 Å². The fourth-order valence-corrected chi connectivity index (χ4v) is 8.04. The summed E-state index contributed by atoms with van der Waals surface area (Å²) >= 11 is 0. The van der Waals surface area contributed by atoms with Gasteiger partial charge in [0, 0.05) is 32.8 Å². The van der Waals surface area contributed by atoms with Gasteiger partial charge < -0.3 is 4.42 Å². The Morgan fingerprint density at radius 1 is 0.273 bits per heavy atom. The molecule has 0 radical (unpaired) electrons. The molecule has 0 saturated heterocycles. The van der Waals surface area contributed by atoms with Crippen LogP contribution in [0.1, 0.15) is 0 Å². The lowest BCUT2D eigenvalue weighted by atomic mass is 9.90. The maximum atomic E-state index is 6.67. The lowest BCUT2D eigenvalue weighted by molar-refractivity contribution is 0.673. The maximum Gasteiger partial charge on any atom is 0.164 e. The van der Waals surface area contributed by atoms with Crippen LogP contribution in [0.25, 0.3) is 111 Å². The fourth-order valence-electron chi connectivity index (χ4n) is 8.04. The molecule has 0 aliphatic heterocycles. The van der Waals surface area contributed by atoms with E-state index in [1.807, 2.05) is 48.5 Å². The summed E-state index contributed by atoms with van der Waals surface area (Å²) < 4.78 is 6.67. The van der Waals surface area contributed by atoms with E-state index in [1.54, 1.807) is 0 Å². The van der Waals surface area contributed by atoms with Gasteiger partial charge in [0.25, 0.3) is 0 Å². The zero-order valence-electron chi connectivity index (χ0n) is 29.6. The molecule has 11 rings (SSSR count). The van der Waals surface area contributed by atoms with Crippen LogP contribution >= 0.6 is 0 Å². The van der Waals surface area contributed by atoms with Crippen LogP contribution in [0.3, 0.4) is 0 Å². The highest BCUT2D eigenvalue weighted by Gasteiger charge is 2.19. The molecule has 0 fully saturated rings. The van der Waals surface area contributed by atoms with Gasteiger partial charge >= 0.3 is 0 Å². The number of aromatic nitrogens is 3. The highest BCUT2D eigenvalue weighted by Crippen LogP contribution is 2.44. The Hall–Kier alpha value is -7.43. The second kappa shape index (κ2) is 12.6. The van der Waals surface area contributed by atoms with E-state index in [9.17, 15) is 0 Å². The van der Waals surface area contributed by atoms with Crippen LogP contribution in [-0.2, 0) is 0 Å². The van der Waals surface area contributed by atoms with Crippen molar-refractivity contribution in [3.8, 4) is 56.4 Å². The minimum atomic E-state index is 0.616. The van der Waals surface area contributed by atoms with Crippen molar-refractivity contribution < 1.29 is 4.42 Å². The molecule has 0 atom stereocenters. The van der Waals surface area contributed by atoms with E-state index in [0.29, 0.717) is 17.5 Å². The van der Waals surface area contributed by atoms with Crippen molar-refractivity contribution in [1.82, 2.24) is 15.0 Å². The van der Waals surface area contributed by atoms with Gasteiger partial charge in [-0.05, 0) is 79.5 Å². The van der Waals surface area contributed by atoms with Crippen LogP contribution in [0, 0.1) is 0 Å². The van der Waals surface area contributed by atoms with Crippen molar-refractivity contribution in [3.63, 3.8) is 0 Å². The summed E-state index contributed by atoms with van der Waals surface area (Å²) in [5.41, 5.74) is 9.15. The second-order valence-corrected chi connectivity index (χ2v) is 14.0. The summed E-state index contributed by atoms with van der Waals surface area (Å²) in [6.07, 6.45) is 0. The molecule has 0 N–H and O–H groups in total. The van der Waals surface area contributed by atoms with Crippen molar-refractivity contribution in [1.29, 1.82) is 0 Å². The number of hydrogen-bond acceptors (Lipinski definition) is 4. The smallest absolute Gasteiger partial charge is 0.164 e. The Morgan fingerprint density at radius 3 is 1.45 bits per heavy atom. The lowest BCUT2D eigenvalue weighted by Crippen LogP contribution is -2.00. The van der Waals surface area contributed by atoms with Crippen LogP contribution in [0.5, 0.6) is 0 Å². The Labute approximate surface area is 317 Å². The van der Waals surface area contributed by atoms with E-state index >= 15 is 0 Å². The molecule has 0 unspecified atom stereocenters. The van der Waals surface area contributed by atoms with Gasteiger partial charge in [-0.3, -0.25) is 0 Å². The first-order valence-electron chi connectivity index (χ1n) is 18.5. The zero-order valence-corrected chi connectivity index (χ0v) is 29.6. The molecule has 0 amide bonds. The molecule has 4 heteroatoms. The first-order valence-corrected chi connectivity index (χ1v) is 18.5. The Balaban J connectivity index is 1.18. The zero-order chi connectivity index (χ0) is 36.3. The third kappa shape index (κ3) is 5.26. The van der Waals surface area contributed by atoms with Gasteiger partial charge in [-0.2, -0.15) is 0 Å². The van der Waals surface area contributed by atoms with Gasteiger partial charge in [0.1, 0.15) is 11.2 Å². The summed E-state index contributed by atoms with van der Waals surface area (Å²) in [6.45, 7) is 0. The molecular formula is C51H31N3O. The first-order chi connectivity index (χ1) is 27.2. The lowest BCUT2D eigenvalue weighted by Gasteiger charge is -2.14. The van der Waals surface area contributed by atoms with Crippen molar-refractivity contribution in [2.45, 2.75) is 0 Å². The highest BCUT2D eigenvalue weighted by atomic mass is 16.3.